The van der Waals surface area contributed by atoms with Gasteiger partial charge >= 0.3 is 0 Å². The zero-order valence-electron chi connectivity index (χ0n) is 9.31. The first kappa shape index (κ1) is 12.8. The number of nitrogens with one attached hydrogen (secondary N) is 1. The number of carbonyl (C=O) groups is 1. The Labute approximate surface area is 85.9 Å². The molecule has 0 aromatic carbocycles. The molecule has 0 rings (SSSR count). The Bertz CT molecular complexity index is 163. The first-order valence-electron chi connectivity index (χ1n) is 4.66. The average Bonchev–Trinajstić information content (AvgIpc) is 2.01. The first-order valence-corrected chi connectivity index (χ1v) is 6.05. The fraction of sp³-hybridized carbons (Fsp3) is 0.900. The van der Waals surface area contributed by atoms with E-state index >= 15 is 0 Å². The van der Waals surface area contributed by atoms with E-state index in [0.29, 0.717) is 0 Å². The van der Waals surface area contributed by atoms with Crippen LogP contribution in [0.5, 0.6) is 0 Å². The van der Waals surface area contributed by atoms with Crippen LogP contribution in [-0.2, 0) is 4.79 Å². The van der Waals surface area contributed by atoms with Crippen molar-refractivity contribution in [3.05, 3.63) is 0 Å². The largest absolute Gasteiger partial charge is 0.355 e. The molecule has 0 heterocycles. The van der Waals surface area contributed by atoms with Crippen molar-refractivity contribution >= 4 is 17.7 Å². The molecule has 0 aromatic heterocycles. The third-order valence-electron chi connectivity index (χ3n) is 2.30. The lowest BCUT2D eigenvalue weighted by Gasteiger charge is -2.25. The molecule has 78 valence electrons. The van der Waals surface area contributed by atoms with Crippen LogP contribution in [0.2, 0.25) is 0 Å². The van der Waals surface area contributed by atoms with E-state index in [2.05, 4.69) is 26.1 Å². The van der Waals surface area contributed by atoms with E-state index in [4.69, 9.17) is 0 Å². The number of hydrogen-bond acceptors (Lipinski definition) is 2. The Kier molecular flexibility index (Phi) is 5.45. The van der Waals surface area contributed by atoms with E-state index in [1.807, 2.05) is 13.2 Å². The number of thioether (sulfide) groups is 1. The fourth-order valence-corrected chi connectivity index (χ4v) is 1.13. The molecular formula is C10H21NOS. The maximum absolute atomic E-state index is 11.5. The zero-order chi connectivity index (χ0) is 10.5. The molecule has 1 unspecified atom stereocenters. The van der Waals surface area contributed by atoms with Gasteiger partial charge in [-0.1, -0.05) is 27.7 Å². The quantitative estimate of drug-likeness (QED) is 0.709. The molecule has 0 radical (unpaired) electrons. The summed E-state index contributed by atoms with van der Waals surface area (Å²) >= 11 is 1.75. The molecule has 0 saturated heterocycles. The van der Waals surface area contributed by atoms with Gasteiger partial charge in [-0.05, 0) is 11.7 Å². The van der Waals surface area contributed by atoms with Crippen LogP contribution in [0.15, 0.2) is 0 Å². The van der Waals surface area contributed by atoms with E-state index < -0.39 is 0 Å². The smallest absolute Gasteiger partial charge is 0.223 e. The molecule has 1 N–H and O–H groups in total. The topological polar surface area (TPSA) is 29.1 Å². The Morgan fingerprint density at radius 3 is 2.38 bits per heavy atom. The molecule has 3 heteroatoms. The molecule has 2 nitrogen and oxygen atoms in total. The number of hydrogen-bond donors (Lipinski definition) is 1. The van der Waals surface area contributed by atoms with E-state index in [1.54, 1.807) is 11.8 Å². The molecule has 0 aromatic rings. The number of carbonyl (C=O) groups excluding carboxylic acids is 1. The van der Waals surface area contributed by atoms with Crippen molar-refractivity contribution in [3.8, 4) is 0 Å². The van der Waals surface area contributed by atoms with Crippen molar-refractivity contribution in [2.45, 2.75) is 27.7 Å². The Morgan fingerprint density at radius 2 is 2.00 bits per heavy atom. The predicted octanol–water partition coefficient (Wildman–Crippen LogP) is 2.15. The number of amides is 1. The molecule has 1 amide bonds. The van der Waals surface area contributed by atoms with Crippen molar-refractivity contribution in [3.63, 3.8) is 0 Å². The minimum atomic E-state index is 0.0590. The van der Waals surface area contributed by atoms with Crippen LogP contribution >= 0.6 is 11.8 Å². The highest BCUT2D eigenvalue weighted by molar-refractivity contribution is 7.98. The van der Waals surface area contributed by atoms with Gasteiger partial charge in [-0.2, -0.15) is 11.8 Å². The van der Waals surface area contributed by atoms with Gasteiger partial charge in [0.05, 0.1) is 0 Å². The average molecular weight is 203 g/mol. The van der Waals surface area contributed by atoms with E-state index in [9.17, 15) is 4.79 Å². The molecule has 0 spiro atoms. The van der Waals surface area contributed by atoms with Crippen LogP contribution < -0.4 is 5.32 Å². The molecule has 0 aliphatic heterocycles. The lowest BCUT2D eigenvalue weighted by atomic mass is 9.81. The second kappa shape index (κ2) is 5.53. The monoisotopic (exact) mass is 203 g/mol. The SMILES string of the molecule is CSCCNC(=O)C(C)C(C)(C)C. The highest BCUT2D eigenvalue weighted by Crippen LogP contribution is 2.25. The van der Waals surface area contributed by atoms with E-state index in [0.717, 1.165) is 12.3 Å². The minimum absolute atomic E-state index is 0.0590. The van der Waals surface area contributed by atoms with Gasteiger partial charge in [0.15, 0.2) is 0 Å². The van der Waals surface area contributed by atoms with Crippen molar-refractivity contribution in [2.24, 2.45) is 11.3 Å². The third-order valence-corrected chi connectivity index (χ3v) is 2.91. The first-order chi connectivity index (χ1) is 5.89. The highest BCUT2D eigenvalue weighted by atomic mass is 32.2. The summed E-state index contributed by atoms with van der Waals surface area (Å²) in [7, 11) is 0. The number of rotatable bonds is 4. The van der Waals surface area contributed by atoms with Crippen molar-refractivity contribution in [1.29, 1.82) is 0 Å². The van der Waals surface area contributed by atoms with Gasteiger partial charge in [0.1, 0.15) is 0 Å². The van der Waals surface area contributed by atoms with Gasteiger partial charge in [0.2, 0.25) is 5.91 Å². The molecule has 0 saturated carbocycles. The van der Waals surface area contributed by atoms with Gasteiger partial charge in [-0.25, -0.2) is 0 Å². The van der Waals surface area contributed by atoms with Crippen molar-refractivity contribution in [1.82, 2.24) is 5.32 Å². The lowest BCUT2D eigenvalue weighted by molar-refractivity contribution is -0.127. The summed E-state index contributed by atoms with van der Waals surface area (Å²) in [5.41, 5.74) is 0.0590. The minimum Gasteiger partial charge on any atom is -0.355 e. The Balaban J connectivity index is 3.84. The summed E-state index contributed by atoms with van der Waals surface area (Å²) in [5.74, 6) is 1.23. The summed E-state index contributed by atoms with van der Waals surface area (Å²) in [6.45, 7) is 9.03. The molecular weight excluding hydrogens is 182 g/mol. The van der Waals surface area contributed by atoms with Crippen LogP contribution in [0.1, 0.15) is 27.7 Å². The van der Waals surface area contributed by atoms with Gasteiger partial charge in [0, 0.05) is 18.2 Å². The second-order valence-electron chi connectivity index (χ2n) is 4.37. The van der Waals surface area contributed by atoms with Crippen molar-refractivity contribution < 1.29 is 4.79 Å². The van der Waals surface area contributed by atoms with Crippen molar-refractivity contribution in [2.75, 3.05) is 18.6 Å². The Morgan fingerprint density at radius 1 is 1.46 bits per heavy atom. The summed E-state index contributed by atoms with van der Waals surface area (Å²) < 4.78 is 0. The van der Waals surface area contributed by atoms with Crippen LogP contribution in [0.4, 0.5) is 0 Å². The van der Waals surface area contributed by atoms with Gasteiger partial charge in [-0.3, -0.25) is 4.79 Å². The highest BCUT2D eigenvalue weighted by Gasteiger charge is 2.26. The summed E-state index contributed by atoms with van der Waals surface area (Å²) in [6.07, 6.45) is 2.04. The molecule has 0 aliphatic carbocycles. The van der Waals surface area contributed by atoms with E-state index in [1.165, 1.54) is 0 Å². The van der Waals surface area contributed by atoms with E-state index in [-0.39, 0.29) is 17.2 Å². The fourth-order valence-electron chi connectivity index (χ4n) is 0.823. The second-order valence-corrected chi connectivity index (χ2v) is 5.36. The predicted molar refractivity (Wildman–Crippen MR) is 60.0 cm³/mol. The van der Waals surface area contributed by atoms with Gasteiger partial charge in [-0.15, -0.1) is 0 Å². The standard InChI is InChI=1S/C10H21NOS/c1-8(10(2,3)4)9(12)11-6-7-13-5/h8H,6-7H2,1-5H3,(H,11,12). The molecule has 0 bridgehead atoms. The van der Waals surface area contributed by atoms with Gasteiger partial charge in [0.25, 0.3) is 0 Å². The summed E-state index contributed by atoms with van der Waals surface area (Å²) in [5, 5.41) is 2.93. The molecule has 13 heavy (non-hydrogen) atoms. The summed E-state index contributed by atoms with van der Waals surface area (Å²) in [4.78, 5) is 11.5. The molecule has 1 atom stereocenters. The van der Waals surface area contributed by atoms with Crippen LogP contribution in [0.25, 0.3) is 0 Å². The summed E-state index contributed by atoms with van der Waals surface area (Å²) in [6, 6.07) is 0. The van der Waals surface area contributed by atoms with Crippen LogP contribution in [0.3, 0.4) is 0 Å². The normalized spacial score (nSPS) is 13.9. The molecule has 0 fully saturated rings. The Hall–Kier alpha value is -0.180. The third kappa shape index (κ3) is 5.19. The van der Waals surface area contributed by atoms with Crippen LogP contribution in [0, 0.1) is 11.3 Å². The maximum Gasteiger partial charge on any atom is 0.223 e. The van der Waals surface area contributed by atoms with Crippen LogP contribution in [-0.4, -0.2) is 24.5 Å². The van der Waals surface area contributed by atoms with Gasteiger partial charge < -0.3 is 5.32 Å². The lowest BCUT2D eigenvalue weighted by Crippen LogP contribution is -2.37. The zero-order valence-corrected chi connectivity index (χ0v) is 10.1. The maximum atomic E-state index is 11.5. The molecule has 0 aliphatic rings.